The van der Waals surface area contributed by atoms with Crippen LogP contribution in [0.25, 0.3) is 10.8 Å². The first-order chi connectivity index (χ1) is 19.4. The van der Waals surface area contributed by atoms with Crippen molar-refractivity contribution in [1.29, 1.82) is 0 Å². The number of anilines is 2. The van der Waals surface area contributed by atoms with Crippen molar-refractivity contribution in [3.05, 3.63) is 46.4 Å². The van der Waals surface area contributed by atoms with Crippen LogP contribution in [-0.2, 0) is 6.54 Å². The summed E-state index contributed by atoms with van der Waals surface area (Å²) in [5, 5.41) is 11.3. The molecule has 0 spiro atoms. The molecule has 1 amide bonds. The molecule has 40 heavy (non-hydrogen) atoms. The van der Waals surface area contributed by atoms with Gasteiger partial charge in [0.25, 0.3) is 5.91 Å². The zero-order valence-corrected chi connectivity index (χ0v) is 23.2. The lowest BCUT2D eigenvalue weighted by Crippen LogP contribution is -2.43. The van der Waals surface area contributed by atoms with E-state index in [1.807, 2.05) is 0 Å². The lowest BCUT2D eigenvalue weighted by atomic mass is 9.95. The number of carbonyl (C=O) groups is 1. The van der Waals surface area contributed by atoms with Crippen LogP contribution in [0.2, 0.25) is 5.02 Å². The molecule has 3 aromatic rings. The average Bonchev–Trinajstić information content (AvgIpc) is 3.54. The summed E-state index contributed by atoms with van der Waals surface area (Å²) in [6, 6.07) is 6.08. The zero-order chi connectivity index (χ0) is 27.4. The molecule has 0 aliphatic carbocycles. The van der Waals surface area contributed by atoms with Crippen molar-refractivity contribution in [3.8, 4) is 11.8 Å². The summed E-state index contributed by atoms with van der Waals surface area (Å²) in [5.41, 5.74) is 1.41. The number of aromatic nitrogens is 2. The number of amides is 1. The molecular formula is C30H33ClFN5O3. The van der Waals surface area contributed by atoms with Gasteiger partial charge < -0.3 is 19.6 Å². The van der Waals surface area contributed by atoms with E-state index in [2.05, 4.69) is 9.80 Å². The van der Waals surface area contributed by atoms with Gasteiger partial charge in [0.2, 0.25) is 0 Å². The Balaban J connectivity index is 1.29. The van der Waals surface area contributed by atoms with E-state index in [0.717, 1.165) is 64.7 Å². The van der Waals surface area contributed by atoms with Gasteiger partial charge in [-0.3, -0.25) is 9.69 Å². The molecule has 3 fully saturated rings. The minimum absolute atomic E-state index is 0.0336. The van der Waals surface area contributed by atoms with E-state index in [1.54, 1.807) is 6.07 Å². The number of carbonyl (C=O) groups excluding carboxylic acids is 1. The molecule has 0 atom stereocenters. The van der Waals surface area contributed by atoms with E-state index in [-0.39, 0.29) is 28.8 Å². The number of aromatic hydroxyl groups is 1. The average molecular weight is 566 g/mol. The Labute approximate surface area is 237 Å². The number of hydrogen-bond acceptors (Lipinski definition) is 7. The number of phenolic OH excluding ortho intramolecular Hbond substituents is 1. The number of ether oxygens (including phenoxy) is 1. The van der Waals surface area contributed by atoms with Crippen molar-refractivity contribution >= 4 is 39.8 Å². The van der Waals surface area contributed by atoms with Crippen LogP contribution in [0.15, 0.2) is 24.3 Å². The highest BCUT2D eigenvalue weighted by Gasteiger charge is 2.45. The van der Waals surface area contributed by atoms with Crippen LogP contribution in [0.5, 0.6) is 11.8 Å². The number of fused-ring (bicyclic) bond motifs is 3. The molecule has 0 saturated carbocycles. The fourth-order valence-corrected chi connectivity index (χ4v) is 7.43. The first kappa shape index (κ1) is 25.8. The van der Waals surface area contributed by atoms with E-state index >= 15 is 0 Å². The van der Waals surface area contributed by atoms with Crippen molar-refractivity contribution in [2.24, 2.45) is 0 Å². The molecule has 4 aliphatic heterocycles. The summed E-state index contributed by atoms with van der Waals surface area (Å²) in [5.74, 6) is -0.306. The Morgan fingerprint density at radius 1 is 1.00 bits per heavy atom. The van der Waals surface area contributed by atoms with E-state index in [0.29, 0.717) is 46.2 Å². The van der Waals surface area contributed by atoms with Gasteiger partial charge >= 0.3 is 6.01 Å². The van der Waals surface area contributed by atoms with Gasteiger partial charge in [-0.1, -0.05) is 30.5 Å². The Kier molecular flexibility index (Phi) is 6.46. The van der Waals surface area contributed by atoms with E-state index < -0.39 is 5.82 Å². The maximum absolute atomic E-state index is 14.5. The molecule has 1 N–H and O–H groups in total. The quantitative estimate of drug-likeness (QED) is 0.426. The van der Waals surface area contributed by atoms with E-state index in [1.165, 1.54) is 35.9 Å². The third-order valence-electron chi connectivity index (χ3n) is 9.16. The van der Waals surface area contributed by atoms with Crippen molar-refractivity contribution in [1.82, 2.24) is 14.9 Å². The molecule has 8 nitrogen and oxygen atoms in total. The summed E-state index contributed by atoms with van der Waals surface area (Å²) in [6.45, 7) is 4.52. The highest BCUT2D eigenvalue weighted by Crippen LogP contribution is 2.43. The van der Waals surface area contributed by atoms with Crippen LogP contribution in [0.3, 0.4) is 0 Å². The maximum Gasteiger partial charge on any atom is 0.318 e. The number of hydrogen-bond donors (Lipinski definition) is 1. The number of nitrogens with zero attached hydrogens (tertiary/aromatic N) is 5. The minimum atomic E-state index is -0.585. The molecule has 3 saturated heterocycles. The Hall–Kier alpha value is -3.17. The predicted molar refractivity (Wildman–Crippen MR) is 152 cm³/mol. The van der Waals surface area contributed by atoms with Gasteiger partial charge in [-0.25, -0.2) is 4.39 Å². The molecule has 2 aromatic carbocycles. The molecule has 210 valence electrons. The summed E-state index contributed by atoms with van der Waals surface area (Å²) in [7, 11) is 0. The van der Waals surface area contributed by atoms with Gasteiger partial charge in [-0.05, 0) is 69.1 Å². The fraction of sp³-hybridized carbons (Fsp3) is 0.500. The molecule has 4 aliphatic rings. The Morgan fingerprint density at radius 3 is 2.50 bits per heavy atom. The summed E-state index contributed by atoms with van der Waals surface area (Å²) in [4.78, 5) is 29.9. The van der Waals surface area contributed by atoms with Gasteiger partial charge in [0, 0.05) is 24.5 Å². The van der Waals surface area contributed by atoms with Crippen LogP contribution >= 0.6 is 11.6 Å². The second-order valence-electron chi connectivity index (χ2n) is 11.6. The van der Waals surface area contributed by atoms with Crippen molar-refractivity contribution < 1.29 is 19.0 Å². The van der Waals surface area contributed by atoms with Crippen LogP contribution in [0.4, 0.5) is 15.9 Å². The van der Waals surface area contributed by atoms with Gasteiger partial charge in [0.1, 0.15) is 29.6 Å². The number of rotatable bonds is 5. The Morgan fingerprint density at radius 2 is 1.75 bits per heavy atom. The van der Waals surface area contributed by atoms with Crippen LogP contribution in [0, 0.1) is 5.82 Å². The molecule has 0 unspecified atom stereocenters. The van der Waals surface area contributed by atoms with Crippen molar-refractivity contribution in [3.63, 3.8) is 0 Å². The molecule has 10 heteroatoms. The zero-order valence-electron chi connectivity index (χ0n) is 22.5. The first-order valence-electron chi connectivity index (χ1n) is 14.4. The Bertz CT molecular complexity index is 1480. The van der Waals surface area contributed by atoms with E-state index in [9.17, 15) is 14.3 Å². The molecular weight excluding hydrogens is 533 g/mol. The van der Waals surface area contributed by atoms with Gasteiger partial charge in [0.15, 0.2) is 0 Å². The lowest BCUT2D eigenvalue weighted by molar-refractivity contribution is 0.0996. The smallest absolute Gasteiger partial charge is 0.318 e. The summed E-state index contributed by atoms with van der Waals surface area (Å²) < 4.78 is 20.9. The second-order valence-corrected chi connectivity index (χ2v) is 12.0. The third kappa shape index (κ3) is 4.25. The van der Waals surface area contributed by atoms with Gasteiger partial charge in [0.05, 0.1) is 28.5 Å². The SMILES string of the molecule is O=C1c2c(nc(OCC34CCCN3CCC4)nc2N2CCCCCC2)CN1c1cc(O)cc2ccc(F)c(Cl)c12. The first-order valence-corrected chi connectivity index (χ1v) is 14.8. The number of benzene rings is 2. The van der Waals surface area contributed by atoms with Crippen LogP contribution in [0.1, 0.15) is 67.4 Å². The second kappa shape index (κ2) is 10.0. The summed E-state index contributed by atoms with van der Waals surface area (Å²) >= 11 is 6.41. The van der Waals surface area contributed by atoms with E-state index in [4.69, 9.17) is 26.3 Å². The molecule has 1 aromatic heterocycles. The monoisotopic (exact) mass is 565 g/mol. The molecule has 0 bridgehead atoms. The van der Waals surface area contributed by atoms with Crippen LogP contribution in [-0.4, -0.2) is 64.2 Å². The van der Waals surface area contributed by atoms with Gasteiger partial charge in [-0.15, -0.1) is 0 Å². The highest BCUT2D eigenvalue weighted by molar-refractivity contribution is 6.37. The largest absolute Gasteiger partial charge is 0.508 e. The van der Waals surface area contributed by atoms with Gasteiger partial charge in [-0.2, -0.15) is 9.97 Å². The molecule has 7 rings (SSSR count). The normalized spacial score (nSPS) is 20.7. The standard InChI is InChI=1S/C30H33ClFN5O3/c31-26-21(32)8-7-19-15-20(38)16-23(24(19)26)37-17-22-25(28(37)39)27(35-11-3-1-2-4-12-35)34-29(33-22)40-18-30-9-5-13-36(30)14-6-10-30/h7-8,15-16,38H,1-6,9-14,17-18H2. The number of halogens is 2. The van der Waals surface area contributed by atoms with Crippen LogP contribution < -0.4 is 14.5 Å². The summed E-state index contributed by atoms with van der Waals surface area (Å²) in [6.07, 6.45) is 8.93. The maximum atomic E-state index is 14.5. The molecule has 5 heterocycles. The van der Waals surface area contributed by atoms with Crippen molar-refractivity contribution in [2.45, 2.75) is 63.5 Å². The molecule has 0 radical (unpaired) electrons. The number of phenols is 1. The predicted octanol–water partition coefficient (Wildman–Crippen LogP) is 5.68. The highest BCUT2D eigenvalue weighted by atomic mass is 35.5. The topological polar surface area (TPSA) is 82.0 Å². The fourth-order valence-electron chi connectivity index (χ4n) is 7.16. The lowest BCUT2D eigenvalue weighted by Gasteiger charge is -2.31. The van der Waals surface area contributed by atoms with Crippen molar-refractivity contribution in [2.75, 3.05) is 42.6 Å². The minimum Gasteiger partial charge on any atom is -0.508 e. The third-order valence-corrected chi connectivity index (χ3v) is 9.53.